The Morgan fingerprint density at radius 3 is 1.78 bits per heavy atom. The van der Waals surface area contributed by atoms with Gasteiger partial charge < -0.3 is 19.7 Å². The van der Waals surface area contributed by atoms with E-state index < -0.39 is 0 Å². The molecule has 11 heteroatoms. The number of nitrogens with zero attached hydrogens (tertiary/aromatic N) is 5. The molecule has 0 aliphatic rings. The second-order valence-corrected chi connectivity index (χ2v) is 10.8. The summed E-state index contributed by atoms with van der Waals surface area (Å²) in [5, 5.41) is 9.61. The molecule has 0 spiro atoms. The van der Waals surface area contributed by atoms with Crippen molar-refractivity contribution in [2.45, 2.75) is 13.8 Å². The lowest BCUT2D eigenvalue weighted by Gasteiger charge is -2.19. The Morgan fingerprint density at radius 2 is 1.22 bits per heavy atom. The van der Waals surface area contributed by atoms with Crippen LogP contribution in [0.4, 0.5) is 17.2 Å². The van der Waals surface area contributed by atoms with Crippen LogP contribution in [-0.2, 0) is 0 Å². The van der Waals surface area contributed by atoms with Crippen LogP contribution in [0.2, 0.25) is 5.15 Å². The molecule has 4 aromatic heterocycles. The van der Waals surface area contributed by atoms with Gasteiger partial charge in [-0.1, -0.05) is 11.6 Å². The number of hydrogen-bond donors (Lipinski definition) is 1. The van der Waals surface area contributed by atoms with Crippen molar-refractivity contribution in [3.8, 4) is 11.5 Å². The minimum absolute atomic E-state index is 0.550. The number of hydrogen-bond acceptors (Lipinski definition) is 10. The Morgan fingerprint density at radius 1 is 0.707 bits per heavy atom. The second kappa shape index (κ2) is 14.1. The maximum absolute atomic E-state index is 5.86. The molecule has 0 bridgehead atoms. The van der Waals surface area contributed by atoms with Crippen molar-refractivity contribution in [3.63, 3.8) is 0 Å². The molecule has 4 heterocycles. The van der Waals surface area contributed by atoms with Crippen LogP contribution in [0.25, 0.3) is 20.4 Å². The number of nitrogens with one attached hydrogen (secondary N) is 1. The molecule has 6 rings (SSSR count). The van der Waals surface area contributed by atoms with E-state index in [4.69, 9.17) is 21.1 Å². The fourth-order valence-corrected chi connectivity index (χ4v) is 5.75. The Hall–Kier alpha value is -3.99. The van der Waals surface area contributed by atoms with Gasteiger partial charge in [0.15, 0.2) is 0 Å². The van der Waals surface area contributed by atoms with Crippen molar-refractivity contribution in [1.82, 2.24) is 19.9 Å². The van der Waals surface area contributed by atoms with E-state index in [1.54, 1.807) is 36.9 Å². The zero-order valence-corrected chi connectivity index (χ0v) is 26.1. The van der Waals surface area contributed by atoms with Crippen LogP contribution in [0.15, 0.2) is 71.4 Å². The molecule has 0 saturated carbocycles. The number of thiophene rings is 2. The lowest BCUT2D eigenvalue weighted by atomic mass is 10.2. The highest BCUT2D eigenvalue weighted by Crippen LogP contribution is 2.32. The number of halogens is 1. The van der Waals surface area contributed by atoms with Crippen molar-refractivity contribution in [1.29, 1.82) is 0 Å². The molecule has 6 aromatic rings. The zero-order chi connectivity index (χ0) is 29.4. The summed E-state index contributed by atoms with van der Waals surface area (Å²) in [5.74, 6) is 4.18. The lowest BCUT2D eigenvalue weighted by Crippen LogP contribution is -2.12. The number of anilines is 3. The smallest absolute Gasteiger partial charge is 0.145 e. The van der Waals surface area contributed by atoms with Crippen LogP contribution in [-0.4, -0.2) is 48.3 Å². The number of fused-ring (bicyclic) bond motifs is 2. The molecule has 0 atom stereocenters. The maximum Gasteiger partial charge on any atom is 0.145 e. The van der Waals surface area contributed by atoms with E-state index in [9.17, 15) is 0 Å². The van der Waals surface area contributed by atoms with E-state index >= 15 is 0 Å². The van der Waals surface area contributed by atoms with Crippen LogP contribution in [0.1, 0.15) is 11.6 Å². The second-order valence-electron chi connectivity index (χ2n) is 8.67. The molecular formula is C30H31ClN6O2S2. The van der Waals surface area contributed by atoms with Gasteiger partial charge in [0, 0.05) is 30.9 Å². The summed E-state index contributed by atoms with van der Waals surface area (Å²) in [7, 11) is 7.23. The summed E-state index contributed by atoms with van der Waals surface area (Å²) in [4.78, 5) is 21.4. The van der Waals surface area contributed by atoms with E-state index in [1.165, 1.54) is 0 Å². The van der Waals surface area contributed by atoms with E-state index in [1.807, 2.05) is 93.3 Å². The first-order chi connectivity index (χ1) is 19.8. The van der Waals surface area contributed by atoms with Crippen molar-refractivity contribution in [2.24, 2.45) is 0 Å². The molecule has 212 valence electrons. The average molecular weight is 607 g/mol. The van der Waals surface area contributed by atoms with Crippen molar-refractivity contribution in [2.75, 3.05) is 38.5 Å². The number of methoxy groups -OCH3 is 2. The van der Waals surface area contributed by atoms with Gasteiger partial charge in [0.05, 0.1) is 19.6 Å². The van der Waals surface area contributed by atoms with Crippen molar-refractivity contribution in [3.05, 3.63) is 88.2 Å². The quantitative estimate of drug-likeness (QED) is 0.197. The Balaban J connectivity index is 0.000000156. The van der Waals surface area contributed by atoms with E-state index in [2.05, 4.69) is 36.2 Å². The Kier molecular flexibility index (Phi) is 10.3. The zero-order valence-electron chi connectivity index (χ0n) is 23.7. The summed E-state index contributed by atoms with van der Waals surface area (Å²) >= 11 is 9.08. The normalized spacial score (nSPS) is 10.3. The third kappa shape index (κ3) is 7.60. The van der Waals surface area contributed by atoms with Gasteiger partial charge in [0.1, 0.15) is 43.8 Å². The number of aromatic nitrogens is 4. The van der Waals surface area contributed by atoms with Gasteiger partial charge in [0.25, 0.3) is 0 Å². The summed E-state index contributed by atoms with van der Waals surface area (Å²) in [5.41, 5.74) is 2.16. The largest absolute Gasteiger partial charge is 0.497 e. The minimum atomic E-state index is 0.550. The summed E-state index contributed by atoms with van der Waals surface area (Å²) in [6.45, 7) is 3.76. The van der Waals surface area contributed by atoms with Gasteiger partial charge in [-0.05, 0) is 85.3 Å². The van der Waals surface area contributed by atoms with Gasteiger partial charge >= 0.3 is 0 Å². The van der Waals surface area contributed by atoms with Crippen LogP contribution in [0, 0.1) is 13.8 Å². The van der Waals surface area contributed by atoms with Gasteiger partial charge in [-0.2, -0.15) is 0 Å². The van der Waals surface area contributed by atoms with Gasteiger partial charge in [-0.3, -0.25) is 0 Å². The number of benzene rings is 2. The molecule has 0 aliphatic carbocycles. The van der Waals surface area contributed by atoms with Crippen LogP contribution >= 0.6 is 34.3 Å². The predicted molar refractivity (Wildman–Crippen MR) is 173 cm³/mol. The molecular weight excluding hydrogens is 576 g/mol. The predicted octanol–water partition coefficient (Wildman–Crippen LogP) is 8.17. The monoisotopic (exact) mass is 606 g/mol. The highest BCUT2D eigenvalue weighted by atomic mass is 35.5. The average Bonchev–Trinajstić information content (AvgIpc) is 3.67. The molecule has 0 unspecified atom stereocenters. The fraction of sp³-hybridized carbons (Fsp3) is 0.200. The van der Waals surface area contributed by atoms with Crippen LogP contribution in [0.3, 0.4) is 0 Å². The number of ether oxygens (including phenoxy) is 2. The van der Waals surface area contributed by atoms with Crippen molar-refractivity contribution < 1.29 is 9.47 Å². The first kappa shape index (κ1) is 30.0. The third-order valence-corrected chi connectivity index (χ3v) is 7.86. The highest BCUT2D eigenvalue weighted by molar-refractivity contribution is 7.17. The molecule has 0 aliphatic heterocycles. The van der Waals surface area contributed by atoms with E-state index in [-0.39, 0.29) is 0 Å². The van der Waals surface area contributed by atoms with Gasteiger partial charge in [0.2, 0.25) is 0 Å². The molecule has 0 saturated heterocycles. The Labute approximate surface area is 252 Å². The topological polar surface area (TPSA) is 85.3 Å². The van der Waals surface area contributed by atoms with Gasteiger partial charge in [-0.15, -0.1) is 22.7 Å². The third-order valence-electron chi connectivity index (χ3n) is 5.96. The molecule has 0 fully saturated rings. The molecule has 41 heavy (non-hydrogen) atoms. The first-order valence-electron chi connectivity index (χ1n) is 12.6. The minimum Gasteiger partial charge on any atom is -0.497 e. The van der Waals surface area contributed by atoms with E-state index in [0.29, 0.717) is 5.15 Å². The molecule has 8 nitrogen and oxygen atoms in total. The van der Waals surface area contributed by atoms with Crippen molar-refractivity contribution >= 4 is 71.9 Å². The molecule has 0 radical (unpaired) electrons. The lowest BCUT2D eigenvalue weighted by molar-refractivity contribution is 0.414. The standard InChI is InChI=1S/C15H15N3OS.C8H11NO.C7H5ClN2S/c1-10-16-14(13-8-9-20-15(13)17-10)18(2)11-4-6-12(19-3)7-5-11;1-9-7-3-5-8(10-2)6-4-7;1-4-9-6(8)5-2-3-11-7(5)10-4/h4-9H,1-3H3;3-6,9H,1-2H3;2-3H,1H3. The highest BCUT2D eigenvalue weighted by Gasteiger charge is 2.12. The van der Waals surface area contributed by atoms with Crippen LogP contribution < -0.4 is 19.7 Å². The summed E-state index contributed by atoms with van der Waals surface area (Å²) in [6.07, 6.45) is 0. The number of aryl methyl sites for hydroxylation is 2. The molecule has 1 N–H and O–H groups in total. The Bertz CT molecular complexity index is 1680. The molecule has 2 aromatic carbocycles. The van der Waals surface area contributed by atoms with E-state index in [0.717, 1.165) is 60.8 Å². The molecule has 0 amide bonds. The fourth-order valence-electron chi connectivity index (χ4n) is 3.80. The number of rotatable bonds is 5. The summed E-state index contributed by atoms with van der Waals surface area (Å²) < 4.78 is 10.2. The maximum atomic E-state index is 5.86. The SMILES string of the molecule is CNc1ccc(OC)cc1.COc1ccc(N(C)c2nc(C)nc3sccc23)cc1.Cc1nc(Cl)c2ccsc2n1. The summed E-state index contributed by atoms with van der Waals surface area (Å²) in [6, 6.07) is 19.7. The van der Waals surface area contributed by atoms with Crippen LogP contribution in [0.5, 0.6) is 11.5 Å². The first-order valence-corrected chi connectivity index (χ1v) is 14.8. The van der Waals surface area contributed by atoms with Gasteiger partial charge in [-0.25, -0.2) is 19.9 Å².